The third-order valence-electron chi connectivity index (χ3n) is 4.26. The van der Waals surface area contributed by atoms with E-state index in [0.29, 0.717) is 34.8 Å². The Morgan fingerprint density at radius 3 is 2.71 bits per heavy atom. The van der Waals surface area contributed by atoms with Crippen molar-refractivity contribution in [1.29, 1.82) is 0 Å². The third-order valence-corrected chi connectivity index (χ3v) is 5.22. The number of furan rings is 1. The van der Waals surface area contributed by atoms with Crippen LogP contribution in [0.1, 0.15) is 11.6 Å². The molecule has 3 heterocycles. The lowest BCUT2D eigenvalue weighted by Gasteiger charge is -2.08. The highest BCUT2D eigenvalue weighted by molar-refractivity contribution is 7.98. The van der Waals surface area contributed by atoms with E-state index < -0.39 is 0 Å². The van der Waals surface area contributed by atoms with Gasteiger partial charge >= 0.3 is 0 Å². The first kappa shape index (κ1) is 20.5. The summed E-state index contributed by atoms with van der Waals surface area (Å²) >= 11 is 1.41. The number of nitrogens with zero attached hydrogens (tertiary/aromatic N) is 6. The van der Waals surface area contributed by atoms with Gasteiger partial charge in [-0.05, 0) is 37.3 Å². The van der Waals surface area contributed by atoms with Crippen molar-refractivity contribution in [2.45, 2.75) is 24.4 Å². The molecule has 0 aliphatic heterocycles. The van der Waals surface area contributed by atoms with Gasteiger partial charge in [0.15, 0.2) is 11.0 Å². The number of allylic oxidation sites excluding steroid dienone is 1. The Bertz CT molecular complexity index is 1200. The fraction of sp³-hybridized carbons (Fsp3) is 0.150. The molecule has 0 atom stereocenters. The maximum atomic E-state index is 13.1. The third kappa shape index (κ3) is 4.72. The number of benzene rings is 1. The highest BCUT2D eigenvalue weighted by Crippen LogP contribution is 2.28. The molecule has 0 saturated carbocycles. The SMILES string of the molecule is C=CCn1c(SCc2nc(N)nc(Nc3ccc(F)cc3)n2)nnc1-c1ccoc1C. The van der Waals surface area contributed by atoms with E-state index in [-0.39, 0.29) is 17.7 Å². The molecule has 31 heavy (non-hydrogen) atoms. The zero-order chi connectivity index (χ0) is 21.8. The molecule has 4 rings (SSSR count). The van der Waals surface area contributed by atoms with Crippen LogP contribution < -0.4 is 11.1 Å². The molecule has 9 nitrogen and oxygen atoms in total. The van der Waals surface area contributed by atoms with E-state index in [4.69, 9.17) is 10.2 Å². The molecule has 0 unspecified atom stereocenters. The Kier molecular flexibility index (Phi) is 5.94. The number of hydrogen-bond acceptors (Lipinski definition) is 9. The van der Waals surface area contributed by atoms with E-state index in [1.807, 2.05) is 17.6 Å². The number of halogens is 1. The van der Waals surface area contributed by atoms with Crippen molar-refractivity contribution >= 4 is 29.3 Å². The Morgan fingerprint density at radius 1 is 1.19 bits per heavy atom. The van der Waals surface area contributed by atoms with Gasteiger partial charge in [-0.15, -0.1) is 16.8 Å². The smallest absolute Gasteiger partial charge is 0.232 e. The summed E-state index contributed by atoms with van der Waals surface area (Å²) < 4.78 is 20.4. The summed E-state index contributed by atoms with van der Waals surface area (Å²) in [5.74, 6) is 2.35. The number of nitrogens with two attached hydrogens (primary N) is 1. The molecule has 0 spiro atoms. The summed E-state index contributed by atoms with van der Waals surface area (Å²) in [6, 6.07) is 7.71. The molecule has 3 N–H and O–H groups in total. The predicted octanol–water partition coefficient (Wildman–Crippen LogP) is 3.97. The molecule has 1 aromatic carbocycles. The second-order valence-electron chi connectivity index (χ2n) is 6.45. The molecule has 158 valence electrons. The van der Waals surface area contributed by atoms with Gasteiger partial charge in [-0.25, -0.2) is 4.39 Å². The van der Waals surface area contributed by atoms with E-state index >= 15 is 0 Å². The number of hydrogen-bond donors (Lipinski definition) is 2. The highest BCUT2D eigenvalue weighted by Gasteiger charge is 2.17. The standard InChI is InChI=1S/C20H19FN8OS/c1-3-9-29-17(15-8-10-30-12(15)2)27-28-20(29)31-11-16-24-18(22)26-19(25-16)23-14-6-4-13(21)5-7-14/h3-8,10H,1,9,11H2,2H3,(H3,22,23,24,25,26). The summed E-state index contributed by atoms with van der Waals surface area (Å²) in [7, 11) is 0. The second kappa shape index (κ2) is 8.96. The first-order chi connectivity index (χ1) is 15.0. The fourth-order valence-corrected chi connectivity index (χ4v) is 3.66. The van der Waals surface area contributed by atoms with Crippen molar-refractivity contribution in [3.8, 4) is 11.4 Å². The summed E-state index contributed by atoms with van der Waals surface area (Å²) in [6.45, 7) is 6.23. The zero-order valence-corrected chi connectivity index (χ0v) is 17.4. The monoisotopic (exact) mass is 438 g/mol. The first-order valence-corrected chi connectivity index (χ1v) is 10.3. The van der Waals surface area contributed by atoms with Gasteiger partial charge in [-0.1, -0.05) is 17.8 Å². The van der Waals surface area contributed by atoms with Gasteiger partial charge in [0.1, 0.15) is 17.4 Å². The van der Waals surface area contributed by atoms with Crippen molar-refractivity contribution < 1.29 is 8.81 Å². The van der Waals surface area contributed by atoms with Crippen molar-refractivity contribution in [1.82, 2.24) is 29.7 Å². The zero-order valence-electron chi connectivity index (χ0n) is 16.6. The minimum Gasteiger partial charge on any atom is -0.469 e. The van der Waals surface area contributed by atoms with Gasteiger partial charge in [-0.2, -0.15) is 15.0 Å². The number of thioether (sulfide) groups is 1. The maximum Gasteiger partial charge on any atom is 0.232 e. The minimum absolute atomic E-state index is 0.0810. The van der Waals surface area contributed by atoms with Crippen molar-refractivity contribution in [3.63, 3.8) is 0 Å². The number of anilines is 3. The number of aryl methyl sites for hydroxylation is 1. The lowest BCUT2D eigenvalue weighted by atomic mass is 10.2. The molecular weight excluding hydrogens is 419 g/mol. The van der Waals surface area contributed by atoms with Gasteiger partial charge in [0.25, 0.3) is 0 Å². The first-order valence-electron chi connectivity index (χ1n) is 9.28. The molecular formula is C20H19FN8OS. The van der Waals surface area contributed by atoms with Crippen LogP contribution in [0.4, 0.5) is 22.0 Å². The number of nitrogen functional groups attached to an aromatic ring is 1. The summed E-state index contributed by atoms with van der Waals surface area (Å²) in [4.78, 5) is 12.7. The van der Waals surface area contributed by atoms with Crippen molar-refractivity contribution in [3.05, 3.63) is 66.7 Å². The van der Waals surface area contributed by atoms with Crippen LogP contribution in [0.3, 0.4) is 0 Å². The second-order valence-corrected chi connectivity index (χ2v) is 7.39. The molecule has 0 radical (unpaired) electrons. The van der Waals surface area contributed by atoms with Crippen LogP contribution >= 0.6 is 11.8 Å². The Morgan fingerprint density at radius 2 is 2.00 bits per heavy atom. The fourth-order valence-electron chi connectivity index (χ4n) is 2.86. The average molecular weight is 438 g/mol. The number of nitrogens with one attached hydrogen (secondary N) is 1. The summed E-state index contributed by atoms with van der Waals surface area (Å²) in [5.41, 5.74) is 7.35. The average Bonchev–Trinajstić information content (AvgIpc) is 3.34. The lowest BCUT2D eigenvalue weighted by molar-refractivity contribution is 0.534. The summed E-state index contributed by atoms with van der Waals surface area (Å²) in [6.07, 6.45) is 3.39. The predicted molar refractivity (Wildman–Crippen MR) is 116 cm³/mol. The molecule has 0 bridgehead atoms. The minimum atomic E-state index is -0.327. The highest BCUT2D eigenvalue weighted by atomic mass is 32.2. The molecule has 11 heteroatoms. The van der Waals surface area contributed by atoms with Crippen LogP contribution in [0.25, 0.3) is 11.4 Å². The van der Waals surface area contributed by atoms with E-state index in [2.05, 4.69) is 37.0 Å². The van der Waals surface area contributed by atoms with Crippen LogP contribution in [-0.2, 0) is 12.3 Å². The lowest BCUT2D eigenvalue weighted by Crippen LogP contribution is -2.07. The van der Waals surface area contributed by atoms with Gasteiger partial charge < -0.3 is 15.5 Å². The summed E-state index contributed by atoms with van der Waals surface area (Å²) in [5, 5.41) is 12.3. The molecule has 0 amide bonds. The number of aromatic nitrogens is 6. The van der Waals surface area contributed by atoms with Crippen molar-refractivity contribution in [2.75, 3.05) is 11.1 Å². The van der Waals surface area contributed by atoms with E-state index in [1.54, 1.807) is 24.5 Å². The van der Waals surface area contributed by atoms with Gasteiger partial charge in [0.05, 0.1) is 17.6 Å². The molecule has 0 aliphatic rings. The maximum absolute atomic E-state index is 13.1. The Labute approximate surface area is 181 Å². The van der Waals surface area contributed by atoms with Crippen molar-refractivity contribution in [2.24, 2.45) is 0 Å². The van der Waals surface area contributed by atoms with E-state index in [1.165, 1.54) is 23.9 Å². The topological polar surface area (TPSA) is 121 Å². The van der Waals surface area contributed by atoms with E-state index in [0.717, 1.165) is 11.3 Å². The van der Waals surface area contributed by atoms with E-state index in [9.17, 15) is 4.39 Å². The van der Waals surface area contributed by atoms with Crippen LogP contribution in [0.5, 0.6) is 0 Å². The van der Waals surface area contributed by atoms with Crippen LogP contribution in [0.2, 0.25) is 0 Å². The van der Waals surface area contributed by atoms with Crippen LogP contribution in [0.15, 0.2) is 58.8 Å². The molecule has 4 aromatic rings. The number of rotatable bonds is 8. The Hall–Kier alpha value is -3.73. The largest absolute Gasteiger partial charge is 0.469 e. The molecule has 0 fully saturated rings. The normalized spacial score (nSPS) is 10.9. The molecule has 3 aromatic heterocycles. The molecule has 0 aliphatic carbocycles. The van der Waals surface area contributed by atoms with Crippen LogP contribution in [0, 0.1) is 12.7 Å². The van der Waals surface area contributed by atoms with Gasteiger partial charge in [0, 0.05) is 12.2 Å². The Balaban J connectivity index is 1.53. The molecule has 0 saturated heterocycles. The van der Waals surface area contributed by atoms with Gasteiger partial charge in [-0.3, -0.25) is 4.57 Å². The van der Waals surface area contributed by atoms with Gasteiger partial charge in [0.2, 0.25) is 11.9 Å². The quantitative estimate of drug-likeness (QED) is 0.311. The van der Waals surface area contributed by atoms with Crippen LogP contribution in [-0.4, -0.2) is 29.7 Å².